The number of fused-ring (bicyclic) bond motifs is 1. The molecule has 0 fully saturated rings. The van der Waals surface area contributed by atoms with Crippen molar-refractivity contribution in [2.75, 3.05) is 0 Å². The van der Waals surface area contributed by atoms with Crippen molar-refractivity contribution in [3.8, 4) is 5.75 Å². The average Bonchev–Trinajstić information content (AvgIpc) is 2.93. The Kier molecular flexibility index (Phi) is 2.72. The van der Waals surface area contributed by atoms with Crippen molar-refractivity contribution in [2.45, 2.75) is 6.92 Å². The lowest BCUT2D eigenvalue weighted by molar-refractivity contribution is 0.0693. The van der Waals surface area contributed by atoms with Crippen molar-refractivity contribution in [2.24, 2.45) is 0 Å². The van der Waals surface area contributed by atoms with Gasteiger partial charge in [-0.3, -0.25) is 0 Å². The van der Waals surface area contributed by atoms with Gasteiger partial charge in [0.1, 0.15) is 5.52 Å². The molecule has 3 aromatic rings. The first-order chi connectivity index (χ1) is 9.24. The highest BCUT2D eigenvalue weighted by atomic mass is 16.6. The van der Waals surface area contributed by atoms with Gasteiger partial charge in [0.2, 0.25) is 5.76 Å². The number of hydrogen-bond donors (Lipinski definition) is 0. The smallest absolute Gasteiger partial charge is 0.382 e. The van der Waals surface area contributed by atoms with Crippen LogP contribution in [-0.2, 0) is 0 Å². The molecule has 0 amide bonds. The van der Waals surface area contributed by atoms with Gasteiger partial charge in [-0.25, -0.2) is 9.78 Å². The first-order valence-electron chi connectivity index (χ1n) is 5.73. The van der Waals surface area contributed by atoms with Gasteiger partial charge >= 0.3 is 5.97 Å². The lowest BCUT2D eigenvalue weighted by atomic mass is 10.2. The number of para-hydroxylation sites is 1. The molecule has 0 saturated carbocycles. The number of nitrogens with zero attached hydrogens (tertiary/aromatic N) is 2. The first kappa shape index (κ1) is 11.4. The maximum atomic E-state index is 11.8. The lowest BCUT2D eigenvalue weighted by Gasteiger charge is -2.06. The number of hydrogen-bond acceptors (Lipinski definition) is 5. The van der Waals surface area contributed by atoms with E-state index >= 15 is 0 Å². The first-order valence-corrected chi connectivity index (χ1v) is 5.73. The Hall–Kier alpha value is -2.69. The van der Waals surface area contributed by atoms with Crippen molar-refractivity contribution >= 4 is 16.9 Å². The number of aromatic nitrogens is 2. The largest absolute Gasteiger partial charge is 0.418 e. The average molecular weight is 254 g/mol. The second-order valence-corrected chi connectivity index (χ2v) is 4.05. The number of pyridine rings is 1. The molecule has 94 valence electrons. The van der Waals surface area contributed by atoms with Gasteiger partial charge in [0.25, 0.3) is 0 Å². The van der Waals surface area contributed by atoms with Crippen molar-refractivity contribution in [1.82, 2.24) is 10.1 Å². The summed E-state index contributed by atoms with van der Waals surface area (Å²) >= 11 is 0. The summed E-state index contributed by atoms with van der Waals surface area (Å²) in [6.45, 7) is 1.88. The Bertz CT molecular complexity index is 736. The van der Waals surface area contributed by atoms with Crippen LogP contribution in [0.4, 0.5) is 0 Å². The fourth-order valence-electron chi connectivity index (χ4n) is 1.77. The molecular weight excluding hydrogens is 244 g/mol. The number of benzene rings is 1. The van der Waals surface area contributed by atoms with Gasteiger partial charge in [0.15, 0.2) is 5.75 Å². The second-order valence-electron chi connectivity index (χ2n) is 4.05. The molecule has 0 aliphatic heterocycles. The van der Waals surface area contributed by atoms with E-state index in [1.165, 1.54) is 12.3 Å². The van der Waals surface area contributed by atoms with Crippen LogP contribution in [0.2, 0.25) is 0 Å². The third-order valence-corrected chi connectivity index (χ3v) is 2.66. The molecule has 1 aromatic carbocycles. The third kappa shape index (κ3) is 2.18. The van der Waals surface area contributed by atoms with Gasteiger partial charge in [-0.1, -0.05) is 23.4 Å². The maximum absolute atomic E-state index is 11.8. The minimum absolute atomic E-state index is 0.0599. The van der Waals surface area contributed by atoms with Crippen molar-refractivity contribution in [1.29, 1.82) is 0 Å². The Morgan fingerprint density at radius 2 is 2.11 bits per heavy atom. The molecule has 0 atom stereocenters. The van der Waals surface area contributed by atoms with Crippen LogP contribution in [0.3, 0.4) is 0 Å². The van der Waals surface area contributed by atoms with Gasteiger partial charge < -0.3 is 9.26 Å². The fourth-order valence-corrected chi connectivity index (χ4v) is 1.77. The molecule has 2 heterocycles. The summed E-state index contributed by atoms with van der Waals surface area (Å²) < 4.78 is 10.1. The van der Waals surface area contributed by atoms with E-state index in [0.717, 1.165) is 11.1 Å². The van der Waals surface area contributed by atoms with E-state index in [0.29, 0.717) is 11.3 Å². The molecule has 0 unspecified atom stereocenters. The molecule has 0 bridgehead atoms. The SMILES string of the molecule is Cc1ccc2cccc(OC(=O)c3ccno3)c2n1. The second kappa shape index (κ2) is 4.53. The molecule has 0 aliphatic rings. The zero-order valence-electron chi connectivity index (χ0n) is 10.2. The van der Waals surface area contributed by atoms with Gasteiger partial charge in [-0.2, -0.15) is 0 Å². The molecule has 2 aromatic heterocycles. The Morgan fingerprint density at radius 3 is 2.89 bits per heavy atom. The summed E-state index contributed by atoms with van der Waals surface area (Å²) in [6, 6.07) is 10.7. The van der Waals surface area contributed by atoms with Crippen LogP contribution >= 0.6 is 0 Å². The molecule has 0 aliphatic carbocycles. The maximum Gasteiger partial charge on any atom is 0.382 e. The van der Waals surface area contributed by atoms with E-state index in [4.69, 9.17) is 9.26 Å². The summed E-state index contributed by atoms with van der Waals surface area (Å²) in [4.78, 5) is 16.2. The van der Waals surface area contributed by atoms with Crippen molar-refractivity contribution < 1.29 is 14.1 Å². The molecule has 0 saturated heterocycles. The van der Waals surface area contributed by atoms with Crippen LogP contribution < -0.4 is 4.74 Å². The van der Waals surface area contributed by atoms with E-state index in [1.54, 1.807) is 6.07 Å². The molecule has 3 rings (SSSR count). The van der Waals surface area contributed by atoms with Crippen LogP contribution in [0.15, 0.2) is 47.1 Å². The summed E-state index contributed by atoms with van der Waals surface area (Å²) in [5, 5.41) is 4.38. The van der Waals surface area contributed by atoms with E-state index < -0.39 is 5.97 Å². The van der Waals surface area contributed by atoms with E-state index in [1.807, 2.05) is 31.2 Å². The standard InChI is InChI=1S/C14H10N2O3/c1-9-5-6-10-3-2-4-11(13(10)16-9)18-14(17)12-7-8-15-19-12/h2-8H,1H3. The fraction of sp³-hybridized carbons (Fsp3) is 0.0714. The van der Waals surface area contributed by atoms with Crippen LogP contribution in [0.1, 0.15) is 16.2 Å². The lowest BCUT2D eigenvalue weighted by Crippen LogP contribution is -2.07. The highest BCUT2D eigenvalue weighted by Crippen LogP contribution is 2.24. The number of carbonyl (C=O) groups excluding carboxylic acids is 1. The normalized spacial score (nSPS) is 10.6. The van der Waals surface area contributed by atoms with Crippen LogP contribution in [0.25, 0.3) is 10.9 Å². The third-order valence-electron chi connectivity index (χ3n) is 2.66. The zero-order chi connectivity index (χ0) is 13.2. The van der Waals surface area contributed by atoms with Gasteiger partial charge in [0, 0.05) is 17.1 Å². The zero-order valence-corrected chi connectivity index (χ0v) is 10.2. The molecule has 0 spiro atoms. The quantitative estimate of drug-likeness (QED) is 0.519. The van der Waals surface area contributed by atoms with E-state index in [2.05, 4.69) is 10.1 Å². The monoisotopic (exact) mass is 254 g/mol. The molecule has 19 heavy (non-hydrogen) atoms. The molecule has 0 radical (unpaired) electrons. The molecule has 5 nitrogen and oxygen atoms in total. The predicted octanol–water partition coefficient (Wildman–Crippen LogP) is 2.75. The Morgan fingerprint density at radius 1 is 1.21 bits per heavy atom. The predicted molar refractivity (Wildman–Crippen MR) is 67.9 cm³/mol. The van der Waals surface area contributed by atoms with Crippen LogP contribution in [0, 0.1) is 6.92 Å². The highest BCUT2D eigenvalue weighted by molar-refractivity contribution is 5.92. The minimum Gasteiger partial charge on any atom is -0.418 e. The van der Waals surface area contributed by atoms with E-state index in [9.17, 15) is 4.79 Å². The molecule has 5 heteroatoms. The summed E-state index contributed by atoms with van der Waals surface area (Å²) in [5.74, 6) is -0.124. The topological polar surface area (TPSA) is 65.2 Å². The van der Waals surface area contributed by atoms with E-state index in [-0.39, 0.29) is 5.76 Å². The van der Waals surface area contributed by atoms with Crippen LogP contribution in [0.5, 0.6) is 5.75 Å². The Balaban J connectivity index is 2.01. The van der Waals surface area contributed by atoms with Gasteiger partial charge in [-0.05, 0) is 19.1 Å². The number of ether oxygens (including phenoxy) is 1. The summed E-state index contributed by atoms with van der Waals surface area (Å²) in [7, 11) is 0. The summed E-state index contributed by atoms with van der Waals surface area (Å²) in [5.41, 5.74) is 1.51. The van der Waals surface area contributed by atoms with Crippen LogP contribution in [-0.4, -0.2) is 16.1 Å². The number of rotatable bonds is 2. The minimum atomic E-state index is -0.590. The Labute approximate surface area is 108 Å². The number of esters is 1. The molecular formula is C14H10N2O3. The van der Waals surface area contributed by atoms with Crippen molar-refractivity contribution in [3.05, 3.63) is 54.0 Å². The van der Waals surface area contributed by atoms with Crippen molar-refractivity contribution in [3.63, 3.8) is 0 Å². The number of carbonyl (C=O) groups is 1. The summed E-state index contributed by atoms with van der Waals surface area (Å²) in [6.07, 6.45) is 1.39. The number of aryl methyl sites for hydroxylation is 1. The molecule has 0 N–H and O–H groups in total. The van der Waals surface area contributed by atoms with Gasteiger partial charge in [-0.15, -0.1) is 0 Å². The van der Waals surface area contributed by atoms with Gasteiger partial charge in [0.05, 0.1) is 6.20 Å². The highest BCUT2D eigenvalue weighted by Gasteiger charge is 2.14.